The Hall–Kier alpha value is -2.58. The summed E-state index contributed by atoms with van der Waals surface area (Å²) in [7, 11) is 0. The van der Waals surface area contributed by atoms with Crippen molar-refractivity contribution in [1.29, 1.82) is 0 Å². The molecule has 1 aromatic heterocycles. The Kier molecular flexibility index (Phi) is 4.29. The van der Waals surface area contributed by atoms with E-state index in [-0.39, 0.29) is 12.7 Å². The SMILES string of the molecule is CCN1CCOC(C(=O)Nc2[nH]ncc2-c2ccc3c(c2)OCO3)C1. The highest BCUT2D eigenvalue weighted by Gasteiger charge is 2.27. The van der Waals surface area contributed by atoms with Crippen molar-refractivity contribution in [3.63, 3.8) is 0 Å². The monoisotopic (exact) mass is 344 g/mol. The molecule has 1 atom stereocenters. The Bertz CT molecular complexity index is 776. The highest BCUT2D eigenvalue weighted by molar-refractivity contribution is 5.97. The summed E-state index contributed by atoms with van der Waals surface area (Å²) in [5.41, 5.74) is 1.67. The van der Waals surface area contributed by atoms with Gasteiger partial charge in [0.15, 0.2) is 11.5 Å². The smallest absolute Gasteiger partial charge is 0.255 e. The largest absolute Gasteiger partial charge is 0.454 e. The minimum atomic E-state index is -0.485. The fraction of sp³-hybridized carbons (Fsp3) is 0.412. The van der Waals surface area contributed by atoms with Crippen molar-refractivity contribution < 1.29 is 19.0 Å². The van der Waals surface area contributed by atoms with Gasteiger partial charge in [-0.05, 0) is 24.2 Å². The second kappa shape index (κ2) is 6.73. The molecule has 25 heavy (non-hydrogen) atoms. The van der Waals surface area contributed by atoms with Crippen LogP contribution in [0.1, 0.15) is 6.92 Å². The summed E-state index contributed by atoms with van der Waals surface area (Å²) >= 11 is 0. The molecule has 0 bridgehead atoms. The van der Waals surface area contributed by atoms with Gasteiger partial charge in [0.05, 0.1) is 12.8 Å². The normalized spacial score (nSPS) is 19.8. The summed E-state index contributed by atoms with van der Waals surface area (Å²) in [5.74, 6) is 1.77. The van der Waals surface area contributed by atoms with Gasteiger partial charge in [-0.2, -0.15) is 5.10 Å². The Morgan fingerprint density at radius 3 is 3.16 bits per heavy atom. The Morgan fingerprint density at radius 1 is 1.40 bits per heavy atom. The molecule has 0 radical (unpaired) electrons. The second-order valence-corrected chi connectivity index (χ2v) is 5.97. The zero-order valence-electron chi connectivity index (χ0n) is 13.9. The number of aromatic amines is 1. The van der Waals surface area contributed by atoms with Crippen LogP contribution >= 0.6 is 0 Å². The number of benzene rings is 1. The molecule has 1 aromatic carbocycles. The van der Waals surface area contributed by atoms with E-state index >= 15 is 0 Å². The van der Waals surface area contributed by atoms with Crippen molar-refractivity contribution in [2.45, 2.75) is 13.0 Å². The summed E-state index contributed by atoms with van der Waals surface area (Å²) in [5, 5.41) is 9.79. The minimum Gasteiger partial charge on any atom is -0.454 e. The van der Waals surface area contributed by atoms with Gasteiger partial charge in [-0.15, -0.1) is 0 Å². The lowest BCUT2D eigenvalue weighted by Gasteiger charge is -2.31. The number of hydrogen-bond acceptors (Lipinski definition) is 6. The maximum Gasteiger partial charge on any atom is 0.255 e. The van der Waals surface area contributed by atoms with E-state index in [9.17, 15) is 4.79 Å². The summed E-state index contributed by atoms with van der Waals surface area (Å²) in [4.78, 5) is 14.7. The van der Waals surface area contributed by atoms with Crippen molar-refractivity contribution in [2.75, 3.05) is 38.4 Å². The molecular formula is C17H20N4O4. The summed E-state index contributed by atoms with van der Waals surface area (Å²) in [6.45, 7) is 5.21. The van der Waals surface area contributed by atoms with Crippen molar-refractivity contribution in [2.24, 2.45) is 0 Å². The Balaban J connectivity index is 1.51. The van der Waals surface area contributed by atoms with Crippen LogP contribution in [0.3, 0.4) is 0 Å². The zero-order valence-corrected chi connectivity index (χ0v) is 13.9. The highest BCUT2D eigenvalue weighted by atomic mass is 16.7. The number of aromatic nitrogens is 2. The van der Waals surface area contributed by atoms with E-state index in [4.69, 9.17) is 14.2 Å². The average Bonchev–Trinajstić information content (AvgIpc) is 3.30. The lowest BCUT2D eigenvalue weighted by Crippen LogP contribution is -2.47. The number of likely N-dealkylation sites (N-methyl/N-ethyl adjacent to an activating group) is 1. The molecule has 1 amide bonds. The molecule has 1 unspecified atom stereocenters. The molecule has 132 valence electrons. The van der Waals surface area contributed by atoms with Crippen LogP contribution in [0, 0.1) is 0 Å². The van der Waals surface area contributed by atoms with Crippen LogP contribution in [0.15, 0.2) is 24.4 Å². The fourth-order valence-electron chi connectivity index (χ4n) is 3.02. The third-order valence-corrected chi connectivity index (χ3v) is 4.46. The van der Waals surface area contributed by atoms with Gasteiger partial charge in [-0.3, -0.25) is 14.8 Å². The first-order valence-electron chi connectivity index (χ1n) is 8.33. The number of carbonyl (C=O) groups excluding carboxylic acids is 1. The number of hydrogen-bond donors (Lipinski definition) is 2. The number of nitrogens with zero attached hydrogens (tertiary/aromatic N) is 2. The molecule has 3 heterocycles. The third-order valence-electron chi connectivity index (χ3n) is 4.46. The van der Waals surface area contributed by atoms with Crippen molar-refractivity contribution in [3.05, 3.63) is 24.4 Å². The van der Waals surface area contributed by atoms with Gasteiger partial charge in [0.25, 0.3) is 5.91 Å². The van der Waals surface area contributed by atoms with Crippen molar-refractivity contribution >= 4 is 11.7 Å². The molecule has 4 rings (SSSR count). The van der Waals surface area contributed by atoms with Gasteiger partial charge in [0.2, 0.25) is 6.79 Å². The summed E-state index contributed by atoms with van der Waals surface area (Å²) in [6.07, 6.45) is 1.19. The number of nitrogens with one attached hydrogen (secondary N) is 2. The first-order valence-corrected chi connectivity index (χ1v) is 8.33. The first-order chi connectivity index (χ1) is 12.2. The van der Waals surface area contributed by atoms with Crippen LogP contribution in [0.2, 0.25) is 0 Å². The molecule has 1 fully saturated rings. The number of amides is 1. The average molecular weight is 344 g/mol. The van der Waals surface area contributed by atoms with E-state index < -0.39 is 6.10 Å². The number of morpholine rings is 1. The predicted octanol–water partition coefficient (Wildman–Crippen LogP) is 1.46. The van der Waals surface area contributed by atoms with Gasteiger partial charge < -0.3 is 19.5 Å². The van der Waals surface area contributed by atoms with Gasteiger partial charge in [0, 0.05) is 18.7 Å². The van der Waals surface area contributed by atoms with Crippen LogP contribution < -0.4 is 14.8 Å². The van der Waals surface area contributed by atoms with Gasteiger partial charge in [0.1, 0.15) is 11.9 Å². The van der Waals surface area contributed by atoms with Crippen LogP contribution in [0.25, 0.3) is 11.1 Å². The fourth-order valence-corrected chi connectivity index (χ4v) is 3.02. The number of anilines is 1. The predicted molar refractivity (Wildman–Crippen MR) is 90.6 cm³/mol. The molecule has 0 saturated carbocycles. The standard InChI is InChI=1S/C17H20N4O4/c1-2-21-5-6-23-15(9-21)17(22)19-16-12(8-18-20-16)11-3-4-13-14(7-11)25-10-24-13/h3-4,7-8,15H,2,5-6,9-10H2,1H3,(H2,18,19,20,22). The van der Waals surface area contributed by atoms with E-state index in [1.165, 1.54) is 0 Å². The van der Waals surface area contributed by atoms with Gasteiger partial charge >= 0.3 is 0 Å². The molecule has 1 saturated heterocycles. The lowest BCUT2D eigenvalue weighted by atomic mass is 10.1. The highest BCUT2D eigenvalue weighted by Crippen LogP contribution is 2.37. The van der Waals surface area contributed by atoms with E-state index in [0.29, 0.717) is 30.5 Å². The van der Waals surface area contributed by atoms with Gasteiger partial charge in [-0.1, -0.05) is 13.0 Å². The maximum atomic E-state index is 12.5. The molecule has 2 aliphatic rings. The quantitative estimate of drug-likeness (QED) is 0.873. The first kappa shape index (κ1) is 15.9. The molecule has 8 nitrogen and oxygen atoms in total. The zero-order chi connectivity index (χ0) is 17.2. The molecule has 8 heteroatoms. The molecule has 2 aromatic rings. The van der Waals surface area contributed by atoms with E-state index in [0.717, 1.165) is 24.2 Å². The molecule has 0 spiro atoms. The summed E-state index contributed by atoms with van der Waals surface area (Å²) in [6, 6.07) is 5.63. The van der Waals surface area contributed by atoms with Crippen LogP contribution in [-0.4, -0.2) is 60.1 Å². The number of carbonyl (C=O) groups is 1. The maximum absolute atomic E-state index is 12.5. The second-order valence-electron chi connectivity index (χ2n) is 5.97. The van der Waals surface area contributed by atoms with E-state index in [1.54, 1.807) is 6.20 Å². The van der Waals surface area contributed by atoms with Crippen LogP contribution in [0.4, 0.5) is 5.82 Å². The minimum absolute atomic E-state index is 0.176. The summed E-state index contributed by atoms with van der Waals surface area (Å²) < 4.78 is 16.3. The van der Waals surface area contributed by atoms with Crippen molar-refractivity contribution in [1.82, 2.24) is 15.1 Å². The molecule has 0 aliphatic carbocycles. The van der Waals surface area contributed by atoms with E-state index in [1.807, 2.05) is 18.2 Å². The number of H-pyrrole nitrogens is 1. The van der Waals surface area contributed by atoms with Crippen LogP contribution in [0.5, 0.6) is 11.5 Å². The van der Waals surface area contributed by atoms with Gasteiger partial charge in [-0.25, -0.2) is 0 Å². The van der Waals surface area contributed by atoms with E-state index in [2.05, 4.69) is 27.3 Å². The Labute approximate surface area is 145 Å². The third kappa shape index (κ3) is 3.18. The number of fused-ring (bicyclic) bond motifs is 1. The molecule has 2 N–H and O–H groups in total. The molecular weight excluding hydrogens is 324 g/mol. The number of rotatable bonds is 4. The topological polar surface area (TPSA) is 88.7 Å². The van der Waals surface area contributed by atoms with Crippen LogP contribution in [-0.2, 0) is 9.53 Å². The van der Waals surface area contributed by atoms with Crippen molar-refractivity contribution in [3.8, 4) is 22.6 Å². The lowest BCUT2D eigenvalue weighted by molar-refractivity contribution is -0.132. The number of ether oxygens (including phenoxy) is 3. The molecule has 2 aliphatic heterocycles. The Morgan fingerprint density at radius 2 is 2.28 bits per heavy atom.